The van der Waals surface area contributed by atoms with Gasteiger partial charge in [0.25, 0.3) is 5.91 Å². The van der Waals surface area contributed by atoms with E-state index in [-0.39, 0.29) is 18.1 Å². The summed E-state index contributed by atoms with van der Waals surface area (Å²) in [5, 5.41) is 0. The molecule has 0 spiro atoms. The van der Waals surface area contributed by atoms with Crippen molar-refractivity contribution in [2.24, 2.45) is 0 Å². The van der Waals surface area contributed by atoms with Gasteiger partial charge in [-0.2, -0.15) is 0 Å². The van der Waals surface area contributed by atoms with Gasteiger partial charge < -0.3 is 19.3 Å². The molecule has 1 aliphatic rings. The van der Waals surface area contributed by atoms with E-state index in [9.17, 15) is 4.79 Å². The molecule has 1 saturated heterocycles. The van der Waals surface area contributed by atoms with E-state index in [4.69, 9.17) is 9.47 Å². The van der Waals surface area contributed by atoms with Crippen LogP contribution in [0.3, 0.4) is 0 Å². The van der Waals surface area contributed by atoms with Gasteiger partial charge in [-0.05, 0) is 18.6 Å². The van der Waals surface area contributed by atoms with Crippen LogP contribution in [-0.2, 0) is 9.47 Å². The lowest BCUT2D eigenvalue weighted by atomic mass is 10.2. The Hall–Kier alpha value is -1.66. The smallest absolute Gasteiger partial charge is 0.272 e. The highest BCUT2D eigenvalue weighted by atomic mass is 16.5. The van der Waals surface area contributed by atoms with Gasteiger partial charge in [0.2, 0.25) is 0 Å². The predicted octanol–water partition coefficient (Wildman–Crippen LogP) is 1.02. The quantitative estimate of drug-likeness (QED) is 0.811. The van der Waals surface area contributed by atoms with Crippen LogP contribution in [0, 0.1) is 0 Å². The van der Waals surface area contributed by atoms with Crippen molar-refractivity contribution in [3.8, 4) is 0 Å². The summed E-state index contributed by atoms with van der Waals surface area (Å²) in [6.07, 6.45) is 2.52. The molecule has 21 heavy (non-hydrogen) atoms. The first-order valence-corrected chi connectivity index (χ1v) is 7.03. The molecule has 0 bridgehead atoms. The highest BCUT2D eigenvalue weighted by Gasteiger charge is 2.36. The minimum absolute atomic E-state index is 0.0391. The van der Waals surface area contributed by atoms with Crippen molar-refractivity contribution in [2.75, 3.05) is 46.4 Å². The molecule has 0 aliphatic carbocycles. The lowest BCUT2D eigenvalue weighted by Gasteiger charge is -2.24. The molecule has 1 amide bonds. The highest BCUT2D eigenvalue weighted by Crippen LogP contribution is 2.23. The third-order valence-corrected chi connectivity index (χ3v) is 3.81. The first-order valence-electron chi connectivity index (χ1n) is 7.03. The number of amides is 1. The van der Waals surface area contributed by atoms with Crippen LogP contribution in [-0.4, -0.2) is 69.4 Å². The Morgan fingerprint density at radius 2 is 2.24 bits per heavy atom. The zero-order chi connectivity index (χ0) is 15.4. The van der Waals surface area contributed by atoms with Crippen LogP contribution >= 0.6 is 0 Å². The van der Waals surface area contributed by atoms with E-state index in [0.29, 0.717) is 18.8 Å². The molecule has 0 aromatic carbocycles. The van der Waals surface area contributed by atoms with Gasteiger partial charge in [0.15, 0.2) is 0 Å². The van der Waals surface area contributed by atoms with Crippen molar-refractivity contribution in [1.29, 1.82) is 0 Å². The highest BCUT2D eigenvalue weighted by molar-refractivity contribution is 5.93. The van der Waals surface area contributed by atoms with Crippen LogP contribution in [0.1, 0.15) is 16.9 Å². The minimum Gasteiger partial charge on any atom is -0.383 e. The number of methoxy groups -OCH3 is 2. The number of nitrogens with zero attached hydrogens (tertiary/aromatic N) is 3. The summed E-state index contributed by atoms with van der Waals surface area (Å²) in [5.41, 5.74) is 1.41. The van der Waals surface area contributed by atoms with Crippen LogP contribution < -0.4 is 4.90 Å². The Morgan fingerprint density at radius 3 is 2.86 bits per heavy atom. The third kappa shape index (κ3) is 3.51. The lowest BCUT2D eigenvalue weighted by molar-refractivity contribution is 0.0606. The van der Waals surface area contributed by atoms with Gasteiger partial charge in [-0.1, -0.05) is 0 Å². The summed E-state index contributed by atoms with van der Waals surface area (Å²) in [4.78, 5) is 20.7. The Bertz CT molecular complexity index is 493. The number of likely N-dealkylation sites (tertiary alicyclic amines) is 1. The summed E-state index contributed by atoms with van der Waals surface area (Å²) in [5.74, 6) is -0.0692. The molecule has 2 atom stereocenters. The summed E-state index contributed by atoms with van der Waals surface area (Å²) in [7, 11) is 7.20. The second-order valence-corrected chi connectivity index (χ2v) is 5.45. The molecule has 0 radical (unpaired) electrons. The van der Waals surface area contributed by atoms with Gasteiger partial charge in [-0.15, -0.1) is 0 Å². The maximum atomic E-state index is 12.7. The molecule has 1 fully saturated rings. The molecule has 0 unspecified atom stereocenters. The van der Waals surface area contributed by atoms with Crippen LogP contribution in [0.25, 0.3) is 0 Å². The van der Waals surface area contributed by atoms with Crippen molar-refractivity contribution < 1.29 is 14.3 Å². The van der Waals surface area contributed by atoms with Crippen molar-refractivity contribution in [1.82, 2.24) is 9.88 Å². The number of pyridine rings is 1. The van der Waals surface area contributed by atoms with Crippen LogP contribution in [0.5, 0.6) is 0 Å². The fraction of sp³-hybridized carbons (Fsp3) is 0.600. The Labute approximate surface area is 125 Å². The third-order valence-electron chi connectivity index (χ3n) is 3.81. The average molecular weight is 293 g/mol. The number of hydrogen-bond donors (Lipinski definition) is 0. The molecule has 1 aliphatic heterocycles. The Kier molecular flexibility index (Phi) is 5.14. The van der Waals surface area contributed by atoms with E-state index >= 15 is 0 Å². The fourth-order valence-corrected chi connectivity index (χ4v) is 2.61. The van der Waals surface area contributed by atoms with Crippen molar-refractivity contribution >= 4 is 11.6 Å². The Balaban J connectivity index is 2.19. The zero-order valence-electron chi connectivity index (χ0n) is 13.1. The maximum Gasteiger partial charge on any atom is 0.272 e. The number of ether oxygens (including phenoxy) is 2. The zero-order valence-corrected chi connectivity index (χ0v) is 13.1. The predicted molar refractivity (Wildman–Crippen MR) is 80.7 cm³/mol. The van der Waals surface area contributed by atoms with E-state index < -0.39 is 0 Å². The summed E-state index contributed by atoms with van der Waals surface area (Å²) >= 11 is 0. The molecular formula is C15H23N3O3. The molecule has 6 nitrogen and oxygen atoms in total. The van der Waals surface area contributed by atoms with Gasteiger partial charge in [0, 0.05) is 46.7 Å². The molecule has 1 aromatic rings. The standard InChI is InChI=1S/C15H23N3O3/c1-17(2)11-5-6-16-14(8-11)15(19)18-9-13(21-4)7-12(18)10-20-3/h5-6,8,12-13H,7,9-10H2,1-4H3/t12-,13-/m0/s1. The van der Waals surface area contributed by atoms with E-state index in [0.717, 1.165) is 12.1 Å². The molecule has 0 N–H and O–H groups in total. The SMILES string of the molecule is COC[C@@H]1C[C@H](OC)CN1C(=O)c1cc(N(C)C)ccn1. The number of carbonyl (C=O) groups is 1. The van der Waals surface area contributed by atoms with E-state index in [1.54, 1.807) is 25.3 Å². The van der Waals surface area contributed by atoms with Gasteiger partial charge in [-0.25, -0.2) is 0 Å². The normalized spacial score (nSPS) is 21.6. The maximum absolute atomic E-state index is 12.7. The van der Waals surface area contributed by atoms with E-state index in [1.807, 2.05) is 31.1 Å². The lowest BCUT2D eigenvalue weighted by Crippen LogP contribution is -2.38. The van der Waals surface area contributed by atoms with Crippen molar-refractivity contribution in [2.45, 2.75) is 18.6 Å². The average Bonchev–Trinajstić information content (AvgIpc) is 2.90. The molecule has 1 aromatic heterocycles. The Morgan fingerprint density at radius 1 is 1.48 bits per heavy atom. The van der Waals surface area contributed by atoms with Gasteiger partial charge >= 0.3 is 0 Å². The number of rotatable bonds is 5. The van der Waals surface area contributed by atoms with Gasteiger partial charge in [0.05, 0.1) is 18.8 Å². The summed E-state index contributed by atoms with van der Waals surface area (Å²) in [6.45, 7) is 1.09. The van der Waals surface area contributed by atoms with Crippen molar-refractivity contribution in [3.05, 3.63) is 24.0 Å². The molecule has 0 saturated carbocycles. The molecule has 2 rings (SSSR count). The monoisotopic (exact) mass is 293 g/mol. The van der Waals surface area contributed by atoms with Gasteiger partial charge in [0.1, 0.15) is 5.69 Å². The number of aromatic nitrogens is 1. The van der Waals surface area contributed by atoms with Crippen LogP contribution in [0.4, 0.5) is 5.69 Å². The van der Waals surface area contributed by atoms with Gasteiger partial charge in [-0.3, -0.25) is 9.78 Å². The van der Waals surface area contributed by atoms with Crippen LogP contribution in [0.2, 0.25) is 0 Å². The summed E-state index contributed by atoms with van der Waals surface area (Å²) < 4.78 is 10.6. The molecule has 2 heterocycles. The largest absolute Gasteiger partial charge is 0.383 e. The van der Waals surface area contributed by atoms with Crippen molar-refractivity contribution in [3.63, 3.8) is 0 Å². The van der Waals surface area contributed by atoms with E-state index in [1.165, 1.54) is 0 Å². The topological polar surface area (TPSA) is 54.9 Å². The first kappa shape index (κ1) is 15.7. The van der Waals surface area contributed by atoms with Crippen LogP contribution in [0.15, 0.2) is 18.3 Å². The molecular weight excluding hydrogens is 270 g/mol. The molecule has 116 valence electrons. The minimum atomic E-state index is -0.0692. The number of hydrogen-bond acceptors (Lipinski definition) is 5. The second kappa shape index (κ2) is 6.87. The number of carbonyl (C=O) groups excluding carboxylic acids is 1. The number of anilines is 1. The second-order valence-electron chi connectivity index (χ2n) is 5.45. The summed E-state index contributed by atoms with van der Waals surface area (Å²) in [6, 6.07) is 3.73. The first-order chi connectivity index (χ1) is 10.1. The van der Waals surface area contributed by atoms with E-state index in [2.05, 4.69) is 4.98 Å². The fourth-order valence-electron chi connectivity index (χ4n) is 2.61. The molecule has 6 heteroatoms.